The summed E-state index contributed by atoms with van der Waals surface area (Å²) in [5.41, 5.74) is 1.53. The molecule has 1 heterocycles. The van der Waals surface area contributed by atoms with Crippen molar-refractivity contribution < 1.29 is 21.8 Å². The molecule has 1 saturated heterocycles. The summed E-state index contributed by atoms with van der Waals surface area (Å²) in [4.78, 5) is 10.6. The van der Waals surface area contributed by atoms with Crippen LogP contribution >= 0.6 is 0 Å². The molecule has 0 saturated carbocycles. The molecule has 0 atom stereocenters. The highest BCUT2D eigenvalue weighted by Crippen LogP contribution is 2.03. The molecule has 12 heavy (non-hydrogen) atoms. The Bertz CT molecular complexity index is 307. The number of carbonyl (C=O) groups is 1. The summed E-state index contributed by atoms with van der Waals surface area (Å²) in [6.07, 6.45) is 0.662. The first-order valence-corrected chi connectivity index (χ1v) is 3.84. The SMILES string of the molecule is N/N=C/N1OS(=O)(=O)ONC1=O. The van der Waals surface area contributed by atoms with Crippen molar-refractivity contribution in [2.75, 3.05) is 0 Å². The minimum absolute atomic E-state index is 0.263. The van der Waals surface area contributed by atoms with E-state index in [-0.39, 0.29) is 5.06 Å². The lowest BCUT2D eigenvalue weighted by Crippen LogP contribution is -2.47. The van der Waals surface area contributed by atoms with Crippen LogP contribution < -0.4 is 11.3 Å². The van der Waals surface area contributed by atoms with Gasteiger partial charge < -0.3 is 5.84 Å². The van der Waals surface area contributed by atoms with Crippen molar-refractivity contribution in [2.24, 2.45) is 10.9 Å². The number of hydrogen-bond acceptors (Lipinski definition) is 7. The number of carbonyl (C=O) groups excluding carboxylic acids is 1. The fourth-order valence-corrected chi connectivity index (χ4v) is 0.918. The van der Waals surface area contributed by atoms with Crippen molar-refractivity contribution in [1.29, 1.82) is 0 Å². The number of amides is 2. The first-order valence-electron chi connectivity index (χ1n) is 2.51. The summed E-state index contributed by atoms with van der Waals surface area (Å²) < 4.78 is 28.7. The van der Waals surface area contributed by atoms with Gasteiger partial charge in [0.05, 0.1) is 0 Å². The lowest BCUT2D eigenvalue weighted by atomic mass is 11.0. The number of urea groups is 1. The number of nitrogens with one attached hydrogen (secondary N) is 1. The summed E-state index contributed by atoms with van der Waals surface area (Å²) in [5, 5.41) is 3.13. The minimum atomic E-state index is -4.24. The molecule has 0 aromatic rings. The molecule has 3 N–H and O–H groups in total. The zero-order valence-electron chi connectivity index (χ0n) is 5.50. The maximum absolute atomic E-state index is 10.6. The molecule has 0 unspecified atom stereocenters. The van der Waals surface area contributed by atoms with Crippen LogP contribution in [0.5, 0.6) is 0 Å². The van der Waals surface area contributed by atoms with Crippen LogP contribution in [-0.2, 0) is 19.0 Å². The molecular formula is C2H4N4O5S. The quantitative estimate of drug-likeness (QED) is 0.217. The molecule has 2 amide bonds. The van der Waals surface area contributed by atoms with Crippen molar-refractivity contribution in [3.05, 3.63) is 0 Å². The van der Waals surface area contributed by atoms with Crippen LogP contribution in [0.1, 0.15) is 0 Å². The molecule has 0 aliphatic carbocycles. The summed E-state index contributed by atoms with van der Waals surface area (Å²) in [6, 6.07) is -0.959. The van der Waals surface area contributed by atoms with E-state index >= 15 is 0 Å². The Balaban J connectivity index is 2.79. The van der Waals surface area contributed by atoms with Gasteiger partial charge in [0.25, 0.3) is 0 Å². The van der Waals surface area contributed by atoms with Gasteiger partial charge in [-0.1, -0.05) is 0 Å². The van der Waals surface area contributed by atoms with Gasteiger partial charge in [-0.15, -0.1) is 13.6 Å². The van der Waals surface area contributed by atoms with Crippen molar-refractivity contribution in [3.63, 3.8) is 0 Å². The van der Waals surface area contributed by atoms with E-state index in [1.165, 1.54) is 5.48 Å². The van der Waals surface area contributed by atoms with Crippen molar-refractivity contribution >= 4 is 22.8 Å². The second-order valence-corrected chi connectivity index (χ2v) is 2.70. The van der Waals surface area contributed by atoms with E-state index in [9.17, 15) is 13.2 Å². The fourth-order valence-electron chi connectivity index (χ4n) is 0.411. The molecule has 1 fully saturated rings. The van der Waals surface area contributed by atoms with Crippen LogP contribution in [0.15, 0.2) is 5.10 Å². The van der Waals surface area contributed by atoms with Crippen LogP contribution in [0.25, 0.3) is 0 Å². The Kier molecular flexibility index (Phi) is 2.12. The predicted molar refractivity (Wildman–Crippen MR) is 34.1 cm³/mol. The summed E-state index contributed by atoms with van der Waals surface area (Å²) in [7, 11) is -4.24. The smallest absolute Gasteiger partial charge is 0.322 e. The second kappa shape index (κ2) is 2.92. The molecule has 0 aromatic carbocycles. The van der Waals surface area contributed by atoms with Crippen LogP contribution in [0.4, 0.5) is 4.79 Å². The molecule has 0 aromatic heterocycles. The fraction of sp³-hybridized carbons (Fsp3) is 0. The normalized spacial score (nSPS) is 22.7. The summed E-state index contributed by atoms with van der Waals surface area (Å²) >= 11 is 0. The van der Waals surface area contributed by atoms with Crippen LogP contribution in [0.2, 0.25) is 0 Å². The maximum Gasteiger partial charge on any atom is 0.442 e. The first kappa shape index (κ1) is 8.70. The average molecular weight is 196 g/mol. The van der Waals surface area contributed by atoms with Crippen LogP contribution in [-0.4, -0.2) is 25.9 Å². The van der Waals surface area contributed by atoms with Crippen molar-refractivity contribution in [3.8, 4) is 0 Å². The molecule has 9 nitrogen and oxygen atoms in total. The number of nitrogens with two attached hydrogens (primary N) is 1. The Morgan fingerprint density at radius 3 is 2.92 bits per heavy atom. The highest BCUT2D eigenvalue weighted by atomic mass is 32.3. The molecule has 0 radical (unpaired) electrons. The Hall–Kier alpha value is -1.39. The number of hydroxylamine groups is 3. The Labute approximate surface area is 67.0 Å². The van der Waals surface area contributed by atoms with Crippen LogP contribution in [0.3, 0.4) is 0 Å². The monoisotopic (exact) mass is 196 g/mol. The van der Waals surface area contributed by atoms with Gasteiger partial charge in [0, 0.05) is 0 Å². The van der Waals surface area contributed by atoms with E-state index in [4.69, 9.17) is 0 Å². The molecule has 1 aliphatic heterocycles. The number of nitrogens with zero attached hydrogens (tertiary/aromatic N) is 2. The molecule has 68 valence electrons. The van der Waals surface area contributed by atoms with Gasteiger partial charge in [0.1, 0.15) is 6.34 Å². The molecule has 0 spiro atoms. The molecule has 1 rings (SSSR count). The standard InChI is InChI=1S/C2H4N4O5S/c3-4-1-6-2(7)5-10-12(8,9)11-6/h1H,3H2,(H,5,7)/b4-1+. The van der Waals surface area contributed by atoms with Crippen molar-refractivity contribution in [2.45, 2.75) is 0 Å². The largest absolute Gasteiger partial charge is 0.442 e. The maximum atomic E-state index is 10.6. The van der Waals surface area contributed by atoms with Gasteiger partial charge in [0.2, 0.25) is 0 Å². The zero-order chi connectivity index (χ0) is 9.19. The van der Waals surface area contributed by atoms with E-state index in [0.717, 1.165) is 0 Å². The van der Waals surface area contributed by atoms with E-state index in [1.54, 1.807) is 0 Å². The topological polar surface area (TPSA) is 123 Å². The average Bonchev–Trinajstić information content (AvgIpc) is 1.97. The van der Waals surface area contributed by atoms with E-state index in [1.807, 2.05) is 0 Å². The minimum Gasteiger partial charge on any atom is -0.322 e. The van der Waals surface area contributed by atoms with E-state index < -0.39 is 16.4 Å². The van der Waals surface area contributed by atoms with Gasteiger partial charge >= 0.3 is 16.4 Å². The third-order valence-corrected chi connectivity index (χ3v) is 1.40. The Morgan fingerprint density at radius 1 is 1.67 bits per heavy atom. The molecule has 10 heteroatoms. The Morgan fingerprint density at radius 2 is 2.33 bits per heavy atom. The lowest BCUT2D eigenvalue weighted by Gasteiger charge is -2.19. The van der Waals surface area contributed by atoms with Crippen LogP contribution in [0, 0.1) is 0 Å². The second-order valence-electron chi connectivity index (χ2n) is 1.56. The predicted octanol–water partition coefficient (Wildman–Crippen LogP) is -1.98. The summed E-state index contributed by atoms with van der Waals surface area (Å²) in [5.74, 6) is 4.64. The number of rotatable bonds is 1. The van der Waals surface area contributed by atoms with E-state index in [2.05, 4.69) is 19.5 Å². The van der Waals surface area contributed by atoms with Gasteiger partial charge in [0.15, 0.2) is 0 Å². The lowest BCUT2D eigenvalue weighted by molar-refractivity contribution is -0.00858. The van der Waals surface area contributed by atoms with Crippen molar-refractivity contribution in [1.82, 2.24) is 10.5 Å². The highest BCUT2D eigenvalue weighted by Gasteiger charge is 2.30. The van der Waals surface area contributed by atoms with Gasteiger partial charge in [-0.3, -0.25) is 0 Å². The van der Waals surface area contributed by atoms with Gasteiger partial charge in [-0.05, 0) is 0 Å². The van der Waals surface area contributed by atoms with E-state index in [0.29, 0.717) is 6.34 Å². The first-order chi connectivity index (χ1) is 5.55. The zero-order valence-corrected chi connectivity index (χ0v) is 6.32. The molecule has 0 bridgehead atoms. The van der Waals surface area contributed by atoms with Gasteiger partial charge in [-0.25, -0.2) is 4.79 Å². The highest BCUT2D eigenvalue weighted by molar-refractivity contribution is 7.81. The molecule has 1 aliphatic rings. The summed E-state index contributed by atoms with van der Waals surface area (Å²) in [6.45, 7) is 0. The third-order valence-electron chi connectivity index (χ3n) is 0.774. The third kappa shape index (κ3) is 1.81. The van der Waals surface area contributed by atoms with Gasteiger partial charge in [-0.2, -0.15) is 19.0 Å². The molecular weight excluding hydrogens is 192 g/mol. The number of hydrogen-bond donors (Lipinski definition) is 2. The number of hydrazone groups is 1.